The maximum absolute atomic E-state index is 12.2. The molecule has 0 spiro atoms. The summed E-state index contributed by atoms with van der Waals surface area (Å²) in [4.78, 5) is 12.2. The molecule has 116 valence electrons. The molecule has 0 aromatic carbocycles. The van der Waals surface area contributed by atoms with Gasteiger partial charge in [0.2, 0.25) is 11.0 Å². The molecule has 0 radical (unpaired) electrons. The minimum absolute atomic E-state index is 0.125. The second-order valence-corrected chi connectivity index (χ2v) is 7.66. The van der Waals surface area contributed by atoms with E-state index in [0.717, 1.165) is 29.7 Å². The lowest BCUT2D eigenvalue weighted by molar-refractivity contribution is -0.117. The highest BCUT2D eigenvalue weighted by Gasteiger charge is 2.40. The molecule has 2 fully saturated rings. The van der Waals surface area contributed by atoms with Crippen molar-refractivity contribution < 1.29 is 4.79 Å². The van der Waals surface area contributed by atoms with E-state index in [1.54, 1.807) is 0 Å². The molecule has 5 heteroatoms. The predicted octanol–water partition coefficient (Wildman–Crippen LogP) is 4.21. The van der Waals surface area contributed by atoms with Crippen molar-refractivity contribution in [2.45, 2.75) is 64.7 Å². The zero-order chi connectivity index (χ0) is 14.8. The number of anilines is 1. The van der Waals surface area contributed by atoms with Crippen LogP contribution in [0.25, 0.3) is 0 Å². The second kappa shape index (κ2) is 6.42. The smallest absolute Gasteiger partial charge is 0.226 e. The van der Waals surface area contributed by atoms with Crippen molar-refractivity contribution in [1.29, 1.82) is 0 Å². The molecule has 1 amide bonds. The van der Waals surface area contributed by atoms with E-state index in [1.165, 1.54) is 37.0 Å². The average molecular weight is 307 g/mol. The van der Waals surface area contributed by atoms with E-state index in [2.05, 4.69) is 29.4 Å². The third kappa shape index (κ3) is 3.28. The quantitative estimate of drug-likeness (QED) is 0.856. The van der Waals surface area contributed by atoms with Gasteiger partial charge in [-0.15, -0.1) is 10.2 Å². The molecule has 4 nitrogen and oxygen atoms in total. The minimum Gasteiger partial charge on any atom is -0.301 e. The molecule has 2 aliphatic carbocycles. The third-order valence-electron chi connectivity index (χ3n) is 5.35. The van der Waals surface area contributed by atoms with Crippen LogP contribution in [0.5, 0.6) is 0 Å². The van der Waals surface area contributed by atoms with Gasteiger partial charge in [0, 0.05) is 12.3 Å². The molecule has 21 heavy (non-hydrogen) atoms. The van der Waals surface area contributed by atoms with E-state index < -0.39 is 0 Å². The maximum Gasteiger partial charge on any atom is 0.226 e. The molecule has 0 saturated heterocycles. The first kappa shape index (κ1) is 14.9. The van der Waals surface area contributed by atoms with Crippen molar-refractivity contribution in [1.82, 2.24) is 10.2 Å². The molecule has 2 saturated carbocycles. The first-order valence-electron chi connectivity index (χ1n) is 8.32. The Morgan fingerprint density at radius 3 is 2.71 bits per heavy atom. The Labute approximate surface area is 130 Å². The van der Waals surface area contributed by atoms with Gasteiger partial charge in [0.1, 0.15) is 5.01 Å². The van der Waals surface area contributed by atoms with Crippen molar-refractivity contribution >= 4 is 22.4 Å². The largest absolute Gasteiger partial charge is 0.301 e. The molecule has 1 aromatic rings. The van der Waals surface area contributed by atoms with Crippen molar-refractivity contribution in [3.05, 3.63) is 5.01 Å². The summed E-state index contributed by atoms with van der Waals surface area (Å²) in [5, 5.41) is 13.0. The molecule has 3 atom stereocenters. The van der Waals surface area contributed by atoms with Crippen LogP contribution in [0.15, 0.2) is 0 Å². The zero-order valence-electron chi connectivity index (χ0n) is 13.0. The maximum atomic E-state index is 12.2. The van der Waals surface area contributed by atoms with Crippen LogP contribution in [0, 0.1) is 17.8 Å². The highest BCUT2D eigenvalue weighted by molar-refractivity contribution is 7.15. The van der Waals surface area contributed by atoms with Crippen LogP contribution in [0.2, 0.25) is 0 Å². The van der Waals surface area contributed by atoms with Crippen LogP contribution in [0.1, 0.15) is 69.7 Å². The Bertz CT molecular complexity index is 497. The first-order chi connectivity index (χ1) is 10.2. The van der Waals surface area contributed by atoms with E-state index in [1.807, 2.05) is 0 Å². The number of fused-ring (bicyclic) bond motifs is 2. The Kier molecular flexibility index (Phi) is 4.57. The molecule has 3 rings (SSSR count). The molecule has 0 aliphatic heterocycles. The lowest BCUT2D eigenvalue weighted by Gasteiger charge is -2.20. The summed E-state index contributed by atoms with van der Waals surface area (Å²) in [7, 11) is 0. The molecule has 1 heterocycles. The minimum atomic E-state index is 0.125. The summed E-state index contributed by atoms with van der Waals surface area (Å²) in [5.74, 6) is 2.90. The fraction of sp³-hybridized carbons (Fsp3) is 0.812. The van der Waals surface area contributed by atoms with E-state index >= 15 is 0 Å². The number of carbonyl (C=O) groups excluding carboxylic acids is 1. The van der Waals surface area contributed by atoms with Gasteiger partial charge in [0.05, 0.1) is 0 Å². The van der Waals surface area contributed by atoms with Crippen molar-refractivity contribution in [2.24, 2.45) is 17.8 Å². The molecular formula is C16H25N3OS. The number of hydrogen-bond donors (Lipinski definition) is 1. The predicted molar refractivity (Wildman–Crippen MR) is 85.4 cm³/mol. The fourth-order valence-electron chi connectivity index (χ4n) is 4.12. The van der Waals surface area contributed by atoms with Gasteiger partial charge in [0.15, 0.2) is 0 Å². The summed E-state index contributed by atoms with van der Waals surface area (Å²) in [6.07, 6.45) is 8.15. The Morgan fingerprint density at radius 1 is 1.29 bits per heavy atom. The van der Waals surface area contributed by atoms with E-state index in [4.69, 9.17) is 0 Å². The summed E-state index contributed by atoms with van der Waals surface area (Å²) < 4.78 is 0. The average Bonchev–Trinajstić information content (AvgIpc) is 3.17. The summed E-state index contributed by atoms with van der Waals surface area (Å²) in [6, 6.07) is 0. The van der Waals surface area contributed by atoms with Gasteiger partial charge >= 0.3 is 0 Å². The number of hydrogen-bond acceptors (Lipinski definition) is 4. The summed E-state index contributed by atoms with van der Waals surface area (Å²) in [6.45, 7) is 4.34. The lowest BCUT2D eigenvalue weighted by Crippen LogP contribution is -2.20. The zero-order valence-corrected chi connectivity index (χ0v) is 13.8. The van der Waals surface area contributed by atoms with Gasteiger partial charge in [-0.2, -0.15) is 0 Å². The highest BCUT2D eigenvalue weighted by Crippen LogP contribution is 2.49. The number of nitrogens with one attached hydrogen (secondary N) is 1. The molecule has 2 aliphatic rings. The van der Waals surface area contributed by atoms with Gasteiger partial charge in [-0.1, -0.05) is 31.6 Å². The van der Waals surface area contributed by atoms with Gasteiger partial charge in [-0.3, -0.25) is 4.79 Å². The van der Waals surface area contributed by atoms with Gasteiger partial charge in [-0.25, -0.2) is 0 Å². The number of amides is 1. The molecule has 1 N–H and O–H groups in total. The monoisotopic (exact) mass is 307 g/mol. The molecule has 0 unspecified atom stereocenters. The van der Waals surface area contributed by atoms with Gasteiger partial charge in [0.25, 0.3) is 0 Å². The van der Waals surface area contributed by atoms with E-state index in [0.29, 0.717) is 23.4 Å². The lowest BCUT2D eigenvalue weighted by atomic mass is 9.86. The number of rotatable bonds is 6. The fourth-order valence-corrected chi connectivity index (χ4v) is 5.15. The number of nitrogens with zero attached hydrogens (tertiary/aromatic N) is 2. The van der Waals surface area contributed by atoms with Crippen LogP contribution in [0.3, 0.4) is 0 Å². The Hall–Kier alpha value is -0.970. The van der Waals surface area contributed by atoms with E-state index in [9.17, 15) is 4.79 Å². The van der Waals surface area contributed by atoms with Crippen LogP contribution >= 0.6 is 11.3 Å². The Balaban J connectivity index is 1.53. The molecule has 1 aromatic heterocycles. The van der Waals surface area contributed by atoms with E-state index in [-0.39, 0.29) is 5.91 Å². The van der Waals surface area contributed by atoms with Crippen LogP contribution in [0.4, 0.5) is 5.13 Å². The standard InChI is InChI=1S/C16H25N3OS/c1-3-11(4-2)15-18-19-16(21-15)17-14(20)9-13-8-10-5-6-12(13)7-10/h10-13H,3-9H2,1-2H3,(H,17,19,20)/t10-,12-,13+/m1/s1. The van der Waals surface area contributed by atoms with Crippen molar-refractivity contribution in [3.63, 3.8) is 0 Å². The topological polar surface area (TPSA) is 54.9 Å². The van der Waals surface area contributed by atoms with Crippen molar-refractivity contribution in [3.8, 4) is 0 Å². The highest BCUT2D eigenvalue weighted by atomic mass is 32.1. The molecular weight excluding hydrogens is 282 g/mol. The van der Waals surface area contributed by atoms with Gasteiger partial charge < -0.3 is 5.32 Å². The SMILES string of the molecule is CCC(CC)c1nnc(NC(=O)C[C@@H]2C[C@@H]3CC[C@@H]2C3)s1. The van der Waals surface area contributed by atoms with Crippen LogP contribution in [-0.2, 0) is 4.79 Å². The van der Waals surface area contributed by atoms with Crippen molar-refractivity contribution in [2.75, 3.05) is 5.32 Å². The summed E-state index contributed by atoms with van der Waals surface area (Å²) in [5.41, 5.74) is 0. The number of carbonyl (C=O) groups is 1. The molecule has 2 bridgehead atoms. The van der Waals surface area contributed by atoms with Crippen LogP contribution < -0.4 is 5.32 Å². The van der Waals surface area contributed by atoms with Crippen LogP contribution in [-0.4, -0.2) is 16.1 Å². The second-order valence-electron chi connectivity index (χ2n) is 6.65. The first-order valence-corrected chi connectivity index (χ1v) is 9.14. The van der Waals surface area contributed by atoms with Gasteiger partial charge in [-0.05, 0) is 49.9 Å². The normalized spacial score (nSPS) is 27.5. The third-order valence-corrected chi connectivity index (χ3v) is 6.36. The Morgan fingerprint density at radius 2 is 2.10 bits per heavy atom. The summed E-state index contributed by atoms with van der Waals surface area (Å²) >= 11 is 1.54. The number of aromatic nitrogens is 2.